The Balaban J connectivity index is 1.81. The van der Waals surface area contributed by atoms with Gasteiger partial charge in [-0.2, -0.15) is 13.2 Å². The summed E-state index contributed by atoms with van der Waals surface area (Å²) in [6, 6.07) is 0.751. The highest BCUT2D eigenvalue weighted by Gasteiger charge is 2.34. The van der Waals surface area contributed by atoms with Crippen molar-refractivity contribution in [2.45, 2.75) is 19.0 Å². The minimum absolute atomic E-state index is 0.129. The Bertz CT molecular complexity index is 705. The Morgan fingerprint density at radius 3 is 2.78 bits per heavy atom. The van der Waals surface area contributed by atoms with Crippen LogP contribution in [0.3, 0.4) is 0 Å². The maximum Gasteiger partial charge on any atom is 0.417 e. The standard InChI is InChI=1S/C17H20F3N3O4/c18-17(19,20)12-8-13(14(22-9-12)23-4-6-26-7-5-23)16(25)27-10-11-2-1-3-21-15(11)24/h8-9,11H,1-7,10H2,(H,21,24). The van der Waals surface area contributed by atoms with Gasteiger partial charge < -0.3 is 19.7 Å². The van der Waals surface area contributed by atoms with Crippen LogP contribution in [0.1, 0.15) is 28.8 Å². The molecule has 1 atom stereocenters. The molecule has 2 aliphatic rings. The molecule has 0 aromatic carbocycles. The normalized spacial score (nSPS) is 20.9. The third kappa shape index (κ3) is 4.68. The van der Waals surface area contributed by atoms with Gasteiger partial charge in [0, 0.05) is 25.8 Å². The average Bonchev–Trinajstić information content (AvgIpc) is 2.66. The van der Waals surface area contributed by atoms with Gasteiger partial charge in [-0.3, -0.25) is 4.79 Å². The summed E-state index contributed by atoms with van der Waals surface area (Å²) >= 11 is 0. The van der Waals surface area contributed by atoms with E-state index in [1.165, 1.54) is 0 Å². The summed E-state index contributed by atoms with van der Waals surface area (Å²) in [5.74, 6) is -1.50. The molecule has 27 heavy (non-hydrogen) atoms. The van der Waals surface area contributed by atoms with Crippen LogP contribution in [0.5, 0.6) is 0 Å². The Hall–Kier alpha value is -2.36. The number of halogens is 3. The number of hydrogen-bond acceptors (Lipinski definition) is 6. The number of nitrogens with zero attached hydrogens (tertiary/aromatic N) is 2. The summed E-state index contributed by atoms with van der Waals surface area (Å²) in [7, 11) is 0. The molecule has 0 bridgehead atoms. The highest BCUT2D eigenvalue weighted by molar-refractivity contribution is 5.95. The number of rotatable bonds is 4. The summed E-state index contributed by atoms with van der Waals surface area (Å²) < 4.78 is 49.6. The van der Waals surface area contributed by atoms with Crippen LogP contribution in [0.25, 0.3) is 0 Å². The number of pyridine rings is 1. The van der Waals surface area contributed by atoms with E-state index in [9.17, 15) is 22.8 Å². The maximum absolute atomic E-state index is 13.1. The number of anilines is 1. The van der Waals surface area contributed by atoms with Crippen molar-refractivity contribution >= 4 is 17.7 Å². The predicted octanol–water partition coefficient (Wildman–Crippen LogP) is 1.62. The first-order valence-electron chi connectivity index (χ1n) is 8.71. The summed E-state index contributed by atoms with van der Waals surface area (Å²) in [5.41, 5.74) is -1.29. The fourth-order valence-corrected chi connectivity index (χ4v) is 3.04. The number of morpholine rings is 1. The van der Waals surface area contributed by atoms with Gasteiger partial charge in [0.25, 0.3) is 0 Å². The zero-order valence-corrected chi connectivity index (χ0v) is 14.6. The second kappa shape index (κ2) is 8.12. The van der Waals surface area contributed by atoms with E-state index in [1.54, 1.807) is 4.90 Å². The lowest BCUT2D eigenvalue weighted by molar-refractivity contribution is -0.137. The van der Waals surface area contributed by atoms with Crippen LogP contribution < -0.4 is 10.2 Å². The zero-order chi connectivity index (χ0) is 19.4. The van der Waals surface area contributed by atoms with E-state index in [0.717, 1.165) is 12.5 Å². The molecule has 1 aromatic rings. The lowest BCUT2D eigenvalue weighted by Gasteiger charge is -2.29. The van der Waals surface area contributed by atoms with Gasteiger partial charge in [0.2, 0.25) is 5.91 Å². The molecular formula is C17H20F3N3O4. The molecule has 0 radical (unpaired) electrons. The van der Waals surface area contributed by atoms with E-state index < -0.39 is 23.6 Å². The van der Waals surface area contributed by atoms with Gasteiger partial charge >= 0.3 is 12.1 Å². The van der Waals surface area contributed by atoms with Crippen LogP contribution in [-0.4, -0.2) is 56.3 Å². The Morgan fingerprint density at radius 2 is 2.11 bits per heavy atom. The first-order valence-corrected chi connectivity index (χ1v) is 8.71. The van der Waals surface area contributed by atoms with Crippen molar-refractivity contribution in [2.75, 3.05) is 44.4 Å². The van der Waals surface area contributed by atoms with Gasteiger partial charge in [0.05, 0.1) is 24.7 Å². The van der Waals surface area contributed by atoms with Gasteiger partial charge in [0.1, 0.15) is 18.0 Å². The fourth-order valence-electron chi connectivity index (χ4n) is 3.04. The van der Waals surface area contributed by atoms with Crippen molar-refractivity contribution in [3.8, 4) is 0 Å². The smallest absolute Gasteiger partial charge is 0.417 e. The monoisotopic (exact) mass is 387 g/mol. The molecule has 1 aromatic heterocycles. The third-order valence-electron chi connectivity index (χ3n) is 4.54. The minimum Gasteiger partial charge on any atom is -0.461 e. The highest BCUT2D eigenvalue weighted by Crippen LogP contribution is 2.32. The van der Waals surface area contributed by atoms with E-state index in [0.29, 0.717) is 45.5 Å². The molecule has 148 valence electrons. The lowest BCUT2D eigenvalue weighted by Crippen LogP contribution is -2.39. The van der Waals surface area contributed by atoms with Crippen LogP contribution in [-0.2, 0) is 20.4 Å². The van der Waals surface area contributed by atoms with Gasteiger partial charge in [-0.15, -0.1) is 0 Å². The first kappa shape index (κ1) is 19.4. The van der Waals surface area contributed by atoms with E-state index in [-0.39, 0.29) is 23.9 Å². The molecule has 1 N–H and O–H groups in total. The molecule has 3 heterocycles. The van der Waals surface area contributed by atoms with Crippen LogP contribution >= 0.6 is 0 Å². The number of nitrogens with one attached hydrogen (secondary N) is 1. The van der Waals surface area contributed by atoms with E-state index in [4.69, 9.17) is 9.47 Å². The van der Waals surface area contributed by atoms with Crippen LogP contribution in [0.15, 0.2) is 12.3 Å². The topological polar surface area (TPSA) is 80.8 Å². The molecule has 2 saturated heterocycles. The second-order valence-electron chi connectivity index (χ2n) is 6.42. The number of amides is 1. The average molecular weight is 387 g/mol. The Morgan fingerprint density at radius 1 is 1.37 bits per heavy atom. The number of alkyl halides is 3. The maximum atomic E-state index is 13.1. The number of carbonyl (C=O) groups excluding carboxylic acids is 2. The van der Waals surface area contributed by atoms with Crippen LogP contribution in [0, 0.1) is 5.92 Å². The SMILES string of the molecule is O=C(OCC1CCCNC1=O)c1cc(C(F)(F)F)cnc1N1CCOCC1. The molecule has 1 unspecified atom stereocenters. The van der Waals surface area contributed by atoms with Crippen molar-refractivity contribution in [3.63, 3.8) is 0 Å². The van der Waals surface area contributed by atoms with Gasteiger partial charge in [-0.1, -0.05) is 0 Å². The van der Waals surface area contributed by atoms with E-state index in [1.807, 2.05) is 0 Å². The van der Waals surface area contributed by atoms with Crippen molar-refractivity contribution in [1.82, 2.24) is 10.3 Å². The number of aromatic nitrogens is 1. The van der Waals surface area contributed by atoms with Crippen molar-refractivity contribution in [1.29, 1.82) is 0 Å². The fraction of sp³-hybridized carbons (Fsp3) is 0.588. The molecule has 2 aliphatic heterocycles. The predicted molar refractivity (Wildman–Crippen MR) is 88.3 cm³/mol. The Kier molecular flexibility index (Phi) is 5.83. The number of piperidine rings is 1. The summed E-state index contributed by atoms with van der Waals surface area (Å²) in [6.07, 6.45) is -2.60. The second-order valence-corrected chi connectivity index (χ2v) is 6.42. The number of ether oxygens (including phenoxy) is 2. The van der Waals surface area contributed by atoms with Crippen molar-refractivity contribution in [2.24, 2.45) is 5.92 Å². The van der Waals surface area contributed by atoms with Gasteiger partial charge in [-0.05, 0) is 18.9 Å². The number of carbonyl (C=O) groups is 2. The largest absolute Gasteiger partial charge is 0.461 e. The summed E-state index contributed by atoms with van der Waals surface area (Å²) in [4.78, 5) is 29.8. The molecule has 1 amide bonds. The molecule has 7 nitrogen and oxygen atoms in total. The highest BCUT2D eigenvalue weighted by atomic mass is 19.4. The Labute approximate surface area is 153 Å². The zero-order valence-electron chi connectivity index (χ0n) is 14.6. The molecule has 3 rings (SSSR count). The molecule has 10 heteroatoms. The van der Waals surface area contributed by atoms with E-state index >= 15 is 0 Å². The minimum atomic E-state index is -4.63. The molecule has 0 spiro atoms. The van der Waals surface area contributed by atoms with E-state index in [2.05, 4.69) is 10.3 Å². The molecule has 0 saturated carbocycles. The van der Waals surface area contributed by atoms with Gasteiger partial charge in [-0.25, -0.2) is 9.78 Å². The number of hydrogen-bond donors (Lipinski definition) is 1. The summed E-state index contributed by atoms with van der Waals surface area (Å²) in [5, 5.41) is 2.67. The summed E-state index contributed by atoms with van der Waals surface area (Å²) in [6.45, 7) is 1.98. The number of esters is 1. The van der Waals surface area contributed by atoms with Gasteiger partial charge in [0.15, 0.2) is 0 Å². The first-order chi connectivity index (χ1) is 12.9. The molecular weight excluding hydrogens is 367 g/mol. The van der Waals surface area contributed by atoms with Crippen molar-refractivity contribution in [3.05, 3.63) is 23.4 Å². The van der Waals surface area contributed by atoms with Crippen molar-refractivity contribution < 1.29 is 32.2 Å². The van der Waals surface area contributed by atoms with Crippen LogP contribution in [0.2, 0.25) is 0 Å². The molecule has 0 aliphatic carbocycles. The van der Waals surface area contributed by atoms with Crippen LogP contribution in [0.4, 0.5) is 19.0 Å². The third-order valence-corrected chi connectivity index (χ3v) is 4.54. The molecule has 2 fully saturated rings. The lowest BCUT2D eigenvalue weighted by atomic mass is 10.00. The quantitative estimate of drug-likeness (QED) is 0.791.